The molecule has 0 saturated carbocycles. The van der Waals surface area contributed by atoms with Gasteiger partial charge in [0, 0.05) is 18.7 Å². The monoisotopic (exact) mass is 272 g/mol. The molecule has 0 bridgehead atoms. The molecule has 2 rings (SSSR count). The zero-order valence-corrected chi connectivity index (χ0v) is 11.1. The van der Waals surface area contributed by atoms with Crippen LogP contribution in [0.4, 0.5) is 4.39 Å². The third-order valence-electron chi connectivity index (χ3n) is 2.89. The Labute approximate surface area is 117 Å². The number of hydrogen-bond donors (Lipinski definition) is 2. The van der Waals surface area contributed by atoms with Crippen LogP contribution in [0.1, 0.15) is 11.1 Å². The minimum atomic E-state index is -0.301. The molecule has 3 nitrogen and oxygen atoms in total. The molecule has 0 fully saturated rings. The van der Waals surface area contributed by atoms with Crippen molar-refractivity contribution in [3.63, 3.8) is 0 Å². The van der Waals surface area contributed by atoms with Gasteiger partial charge in [-0.15, -0.1) is 0 Å². The number of carbonyl (C=O) groups is 1. The molecule has 0 heterocycles. The van der Waals surface area contributed by atoms with Gasteiger partial charge < -0.3 is 10.6 Å². The van der Waals surface area contributed by atoms with Gasteiger partial charge in [-0.05, 0) is 11.6 Å². The second kappa shape index (κ2) is 7.40. The summed E-state index contributed by atoms with van der Waals surface area (Å²) in [5, 5.41) is 5.73. The number of nitrogens with one attached hydrogen (secondary N) is 2. The molecule has 0 spiro atoms. The quantitative estimate of drug-likeness (QED) is 0.846. The summed E-state index contributed by atoms with van der Waals surface area (Å²) >= 11 is 0. The summed E-state index contributed by atoms with van der Waals surface area (Å²) in [6.45, 7) is 1.05. The SMILES string of the molecule is O=C(CNCc1ccccc1)NCc1ccccc1F. The first-order valence-electron chi connectivity index (χ1n) is 6.50. The summed E-state index contributed by atoms with van der Waals surface area (Å²) in [4.78, 5) is 11.6. The molecule has 0 saturated heterocycles. The van der Waals surface area contributed by atoms with E-state index in [0.717, 1.165) is 5.56 Å². The van der Waals surface area contributed by atoms with Crippen molar-refractivity contribution >= 4 is 5.91 Å². The molecule has 4 heteroatoms. The molecule has 0 aliphatic rings. The highest BCUT2D eigenvalue weighted by molar-refractivity contribution is 5.77. The zero-order valence-electron chi connectivity index (χ0n) is 11.1. The van der Waals surface area contributed by atoms with E-state index in [1.807, 2.05) is 30.3 Å². The predicted molar refractivity (Wildman–Crippen MR) is 76.4 cm³/mol. The average molecular weight is 272 g/mol. The van der Waals surface area contributed by atoms with E-state index in [2.05, 4.69) is 10.6 Å². The molecule has 0 aliphatic heterocycles. The summed E-state index contributed by atoms with van der Waals surface area (Å²) in [5.41, 5.74) is 1.61. The van der Waals surface area contributed by atoms with Crippen molar-refractivity contribution in [1.82, 2.24) is 10.6 Å². The van der Waals surface area contributed by atoms with Crippen molar-refractivity contribution in [3.05, 3.63) is 71.5 Å². The smallest absolute Gasteiger partial charge is 0.234 e. The van der Waals surface area contributed by atoms with Gasteiger partial charge in [-0.2, -0.15) is 0 Å². The van der Waals surface area contributed by atoms with Crippen LogP contribution in [0.5, 0.6) is 0 Å². The summed E-state index contributed by atoms with van der Waals surface area (Å²) in [5.74, 6) is -0.450. The maximum atomic E-state index is 13.3. The van der Waals surface area contributed by atoms with Crippen LogP contribution in [0.15, 0.2) is 54.6 Å². The maximum Gasteiger partial charge on any atom is 0.234 e. The highest BCUT2D eigenvalue weighted by Crippen LogP contribution is 2.05. The van der Waals surface area contributed by atoms with Gasteiger partial charge in [0.25, 0.3) is 0 Å². The molecule has 0 aliphatic carbocycles. The van der Waals surface area contributed by atoms with E-state index in [-0.39, 0.29) is 24.8 Å². The van der Waals surface area contributed by atoms with Gasteiger partial charge in [0.2, 0.25) is 5.91 Å². The lowest BCUT2D eigenvalue weighted by atomic mass is 10.2. The first kappa shape index (κ1) is 14.2. The number of carbonyl (C=O) groups excluding carboxylic acids is 1. The van der Waals surface area contributed by atoms with Crippen molar-refractivity contribution in [2.24, 2.45) is 0 Å². The van der Waals surface area contributed by atoms with Gasteiger partial charge in [0.15, 0.2) is 0 Å². The van der Waals surface area contributed by atoms with Crippen LogP contribution in [0, 0.1) is 5.82 Å². The minimum Gasteiger partial charge on any atom is -0.351 e. The normalized spacial score (nSPS) is 10.2. The second-order valence-electron chi connectivity index (χ2n) is 4.46. The topological polar surface area (TPSA) is 41.1 Å². The Morgan fingerprint density at radius 3 is 2.40 bits per heavy atom. The molecule has 0 aromatic heterocycles. The Bertz CT molecular complexity index is 557. The summed E-state index contributed by atoms with van der Waals surface area (Å²) < 4.78 is 13.3. The Balaban J connectivity index is 1.70. The fourth-order valence-electron chi connectivity index (χ4n) is 1.81. The van der Waals surface area contributed by atoms with E-state index < -0.39 is 0 Å². The fourth-order valence-corrected chi connectivity index (χ4v) is 1.81. The van der Waals surface area contributed by atoms with E-state index in [4.69, 9.17) is 0 Å². The van der Waals surface area contributed by atoms with Crippen LogP contribution in [0.3, 0.4) is 0 Å². The number of rotatable bonds is 6. The molecular weight excluding hydrogens is 255 g/mol. The molecule has 20 heavy (non-hydrogen) atoms. The van der Waals surface area contributed by atoms with E-state index in [1.165, 1.54) is 6.07 Å². The molecule has 104 valence electrons. The van der Waals surface area contributed by atoms with Crippen molar-refractivity contribution in [3.8, 4) is 0 Å². The average Bonchev–Trinajstić information content (AvgIpc) is 2.47. The van der Waals surface area contributed by atoms with Gasteiger partial charge in [-0.1, -0.05) is 48.5 Å². The van der Waals surface area contributed by atoms with Crippen molar-refractivity contribution in [2.45, 2.75) is 13.1 Å². The molecule has 2 aromatic rings. The lowest BCUT2D eigenvalue weighted by molar-refractivity contribution is -0.120. The van der Waals surface area contributed by atoms with Crippen LogP contribution in [-0.4, -0.2) is 12.5 Å². The molecule has 2 N–H and O–H groups in total. The Kier molecular flexibility index (Phi) is 5.26. The number of benzene rings is 2. The van der Waals surface area contributed by atoms with Crippen LogP contribution in [-0.2, 0) is 17.9 Å². The van der Waals surface area contributed by atoms with E-state index in [1.54, 1.807) is 18.2 Å². The van der Waals surface area contributed by atoms with E-state index in [0.29, 0.717) is 12.1 Å². The van der Waals surface area contributed by atoms with Crippen molar-refractivity contribution in [1.29, 1.82) is 0 Å². The fraction of sp³-hybridized carbons (Fsp3) is 0.188. The molecule has 2 aromatic carbocycles. The lowest BCUT2D eigenvalue weighted by Crippen LogP contribution is -2.33. The van der Waals surface area contributed by atoms with E-state index in [9.17, 15) is 9.18 Å². The van der Waals surface area contributed by atoms with Gasteiger partial charge in [-0.3, -0.25) is 4.79 Å². The largest absolute Gasteiger partial charge is 0.351 e. The van der Waals surface area contributed by atoms with Crippen LogP contribution in [0.2, 0.25) is 0 Å². The summed E-state index contributed by atoms with van der Waals surface area (Å²) in [7, 11) is 0. The number of halogens is 1. The summed E-state index contributed by atoms with van der Waals surface area (Å²) in [6, 6.07) is 16.3. The Morgan fingerprint density at radius 1 is 0.950 bits per heavy atom. The Hall–Kier alpha value is -2.20. The molecule has 0 radical (unpaired) electrons. The van der Waals surface area contributed by atoms with Gasteiger partial charge in [0.1, 0.15) is 5.82 Å². The molecule has 1 amide bonds. The second-order valence-corrected chi connectivity index (χ2v) is 4.46. The lowest BCUT2D eigenvalue weighted by Gasteiger charge is -2.07. The third-order valence-corrected chi connectivity index (χ3v) is 2.89. The van der Waals surface area contributed by atoms with Gasteiger partial charge in [-0.25, -0.2) is 4.39 Å². The van der Waals surface area contributed by atoms with Crippen LogP contribution < -0.4 is 10.6 Å². The maximum absolute atomic E-state index is 13.3. The van der Waals surface area contributed by atoms with Crippen LogP contribution >= 0.6 is 0 Å². The standard InChI is InChI=1S/C16H17FN2O/c17-15-9-5-4-8-14(15)11-19-16(20)12-18-10-13-6-2-1-3-7-13/h1-9,18H,10-12H2,(H,19,20). The predicted octanol–water partition coefficient (Wildman–Crippen LogP) is 2.23. The molecule has 0 atom stereocenters. The van der Waals surface area contributed by atoms with E-state index >= 15 is 0 Å². The number of amides is 1. The number of hydrogen-bond acceptors (Lipinski definition) is 2. The zero-order chi connectivity index (χ0) is 14.2. The molecule has 0 unspecified atom stereocenters. The highest BCUT2D eigenvalue weighted by atomic mass is 19.1. The van der Waals surface area contributed by atoms with Crippen molar-refractivity contribution in [2.75, 3.05) is 6.54 Å². The minimum absolute atomic E-state index is 0.149. The van der Waals surface area contributed by atoms with Gasteiger partial charge >= 0.3 is 0 Å². The van der Waals surface area contributed by atoms with Crippen molar-refractivity contribution < 1.29 is 9.18 Å². The first-order chi connectivity index (χ1) is 9.75. The highest BCUT2D eigenvalue weighted by Gasteiger charge is 2.04. The first-order valence-corrected chi connectivity index (χ1v) is 6.50. The third kappa shape index (κ3) is 4.48. The Morgan fingerprint density at radius 2 is 1.65 bits per heavy atom. The van der Waals surface area contributed by atoms with Gasteiger partial charge in [0.05, 0.1) is 6.54 Å². The van der Waals surface area contributed by atoms with Crippen LogP contribution in [0.25, 0.3) is 0 Å². The molecular formula is C16H17FN2O. The summed E-state index contributed by atoms with van der Waals surface area (Å²) in [6.07, 6.45) is 0.